The zero-order valence-corrected chi connectivity index (χ0v) is 16.5. The van der Waals surface area contributed by atoms with Gasteiger partial charge in [0.25, 0.3) is 15.9 Å². The predicted molar refractivity (Wildman–Crippen MR) is 108 cm³/mol. The highest BCUT2D eigenvalue weighted by Gasteiger charge is 2.23. The standard InChI is InChI=1S/C20H25N3O3S/c1-22(2)19-12-11-16(21-27(25,26)17-9-5-3-6-10-17)15-18(19)20(24)23-13-7-4-8-14-23/h3,5-6,9-12,15,21H,4,7-8,13-14H2,1-2H3. The van der Waals surface area contributed by atoms with Gasteiger partial charge in [0.2, 0.25) is 0 Å². The first-order chi connectivity index (χ1) is 12.9. The minimum absolute atomic E-state index is 0.0563. The number of amides is 1. The van der Waals surface area contributed by atoms with Crippen molar-refractivity contribution in [3.63, 3.8) is 0 Å². The maximum absolute atomic E-state index is 13.0. The second-order valence-electron chi connectivity index (χ2n) is 6.90. The smallest absolute Gasteiger partial charge is 0.261 e. The van der Waals surface area contributed by atoms with Gasteiger partial charge in [-0.25, -0.2) is 8.42 Å². The molecule has 1 saturated heterocycles. The fourth-order valence-corrected chi connectivity index (χ4v) is 4.31. The third kappa shape index (κ3) is 4.42. The molecule has 0 aliphatic carbocycles. The number of rotatable bonds is 5. The van der Waals surface area contributed by atoms with E-state index in [1.807, 2.05) is 23.9 Å². The van der Waals surface area contributed by atoms with E-state index in [1.54, 1.807) is 36.4 Å². The summed E-state index contributed by atoms with van der Waals surface area (Å²) >= 11 is 0. The third-order valence-corrected chi connectivity index (χ3v) is 6.05. The molecule has 2 aromatic carbocycles. The fourth-order valence-electron chi connectivity index (χ4n) is 3.24. The van der Waals surface area contributed by atoms with Crippen molar-refractivity contribution in [3.05, 3.63) is 54.1 Å². The number of anilines is 2. The lowest BCUT2D eigenvalue weighted by Crippen LogP contribution is -2.36. The highest BCUT2D eigenvalue weighted by Crippen LogP contribution is 2.27. The Labute approximate surface area is 160 Å². The zero-order chi connectivity index (χ0) is 19.4. The summed E-state index contributed by atoms with van der Waals surface area (Å²) in [5, 5.41) is 0. The van der Waals surface area contributed by atoms with Gasteiger partial charge in [0, 0.05) is 38.6 Å². The van der Waals surface area contributed by atoms with Crippen molar-refractivity contribution in [2.75, 3.05) is 36.8 Å². The van der Waals surface area contributed by atoms with Gasteiger partial charge in [-0.3, -0.25) is 9.52 Å². The summed E-state index contributed by atoms with van der Waals surface area (Å²) in [6.07, 6.45) is 3.15. The van der Waals surface area contributed by atoms with Gasteiger partial charge in [-0.1, -0.05) is 18.2 Å². The van der Waals surface area contributed by atoms with Crippen molar-refractivity contribution >= 4 is 27.3 Å². The molecule has 3 rings (SSSR count). The summed E-state index contributed by atoms with van der Waals surface area (Å²) in [6.45, 7) is 1.48. The SMILES string of the molecule is CN(C)c1ccc(NS(=O)(=O)c2ccccc2)cc1C(=O)N1CCCCC1. The molecule has 0 saturated carbocycles. The topological polar surface area (TPSA) is 69.7 Å². The number of hydrogen-bond donors (Lipinski definition) is 1. The van der Waals surface area contributed by atoms with Crippen LogP contribution in [0.5, 0.6) is 0 Å². The van der Waals surface area contributed by atoms with Crippen molar-refractivity contribution in [1.29, 1.82) is 0 Å². The summed E-state index contributed by atoms with van der Waals surface area (Å²) in [5.41, 5.74) is 1.66. The van der Waals surface area contributed by atoms with Crippen molar-refractivity contribution in [2.45, 2.75) is 24.2 Å². The molecule has 1 amide bonds. The number of benzene rings is 2. The van der Waals surface area contributed by atoms with Gasteiger partial charge in [-0.05, 0) is 49.6 Å². The Morgan fingerprint density at radius 3 is 2.30 bits per heavy atom. The molecule has 2 aromatic rings. The highest BCUT2D eigenvalue weighted by molar-refractivity contribution is 7.92. The Kier molecular flexibility index (Phi) is 5.70. The molecule has 0 radical (unpaired) electrons. The minimum atomic E-state index is -3.70. The van der Waals surface area contributed by atoms with Crippen molar-refractivity contribution in [3.8, 4) is 0 Å². The van der Waals surface area contributed by atoms with E-state index in [4.69, 9.17) is 0 Å². The van der Waals surface area contributed by atoms with Crippen LogP contribution in [0.1, 0.15) is 29.6 Å². The Morgan fingerprint density at radius 2 is 1.67 bits per heavy atom. The molecule has 0 spiro atoms. The van der Waals surface area contributed by atoms with Crippen LogP contribution in [0.4, 0.5) is 11.4 Å². The molecule has 1 fully saturated rings. The first-order valence-corrected chi connectivity index (χ1v) is 10.6. The third-order valence-electron chi connectivity index (χ3n) is 4.66. The van der Waals surface area contributed by atoms with E-state index in [9.17, 15) is 13.2 Å². The molecule has 7 heteroatoms. The molecule has 6 nitrogen and oxygen atoms in total. The number of likely N-dealkylation sites (tertiary alicyclic amines) is 1. The minimum Gasteiger partial charge on any atom is -0.377 e. The molecule has 0 atom stereocenters. The number of nitrogens with zero attached hydrogens (tertiary/aromatic N) is 2. The van der Waals surface area contributed by atoms with Crippen LogP contribution in [0.3, 0.4) is 0 Å². The average molecular weight is 388 g/mol. The summed E-state index contributed by atoms with van der Waals surface area (Å²) in [4.78, 5) is 16.9. The van der Waals surface area contributed by atoms with Gasteiger partial charge in [0.15, 0.2) is 0 Å². The van der Waals surface area contributed by atoms with Gasteiger partial charge in [-0.15, -0.1) is 0 Å². The molecular formula is C20H25N3O3S. The van der Waals surface area contributed by atoms with E-state index < -0.39 is 10.0 Å². The normalized spacial score (nSPS) is 14.7. The van der Waals surface area contributed by atoms with Crippen LogP contribution >= 0.6 is 0 Å². The van der Waals surface area contributed by atoms with E-state index in [0.29, 0.717) is 11.3 Å². The van der Waals surface area contributed by atoms with E-state index in [0.717, 1.165) is 38.0 Å². The Hall–Kier alpha value is -2.54. The van der Waals surface area contributed by atoms with Crippen molar-refractivity contribution in [2.24, 2.45) is 0 Å². The van der Waals surface area contributed by atoms with Crippen LogP contribution < -0.4 is 9.62 Å². The number of piperidine rings is 1. The number of nitrogens with one attached hydrogen (secondary N) is 1. The Bertz CT molecular complexity index is 905. The molecule has 1 aliphatic heterocycles. The quantitative estimate of drug-likeness (QED) is 0.855. The van der Waals surface area contributed by atoms with Crippen LogP contribution in [0.25, 0.3) is 0 Å². The molecular weight excluding hydrogens is 362 g/mol. The number of carbonyl (C=O) groups excluding carboxylic acids is 1. The molecule has 144 valence electrons. The van der Waals surface area contributed by atoms with Crippen LogP contribution in [-0.4, -0.2) is 46.4 Å². The number of hydrogen-bond acceptors (Lipinski definition) is 4. The molecule has 0 unspecified atom stereocenters. The second kappa shape index (κ2) is 8.00. The maximum atomic E-state index is 13.0. The largest absolute Gasteiger partial charge is 0.377 e. The van der Waals surface area contributed by atoms with E-state index >= 15 is 0 Å². The fraction of sp³-hybridized carbons (Fsp3) is 0.350. The monoisotopic (exact) mass is 387 g/mol. The van der Waals surface area contributed by atoms with Crippen LogP contribution in [-0.2, 0) is 10.0 Å². The highest BCUT2D eigenvalue weighted by atomic mass is 32.2. The summed E-state index contributed by atoms with van der Waals surface area (Å²) in [7, 11) is 0.0401. The van der Waals surface area contributed by atoms with E-state index in [1.165, 1.54) is 12.1 Å². The summed E-state index contributed by atoms with van der Waals surface area (Å²) in [5.74, 6) is -0.0563. The predicted octanol–water partition coefficient (Wildman–Crippen LogP) is 3.18. The van der Waals surface area contributed by atoms with Crippen LogP contribution in [0.2, 0.25) is 0 Å². The first kappa shape index (κ1) is 19.2. The van der Waals surface area contributed by atoms with Crippen LogP contribution in [0.15, 0.2) is 53.4 Å². The van der Waals surface area contributed by atoms with E-state index in [-0.39, 0.29) is 10.8 Å². The maximum Gasteiger partial charge on any atom is 0.261 e. The van der Waals surface area contributed by atoms with Gasteiger partial charge < -0.3 is 9.80 Å². The molecule has 27 heavy (non-hydrogen) atoms. The number of sulfonamides is 1. The van der Waals surface area contributed by atoms with Gasteiger partial charge in [-0.2, -0.15) is 0 Å². The summed E-state index contributed by atoms with van der Waals surface area (Å²) in [6, 6.07) is 13.3. The Morgan fingerprint density at radius 1 is 1.00 bits per heavy atom. The van der Waals surface area contributed by atoms with E-state index in [2.05, 4.69) is 4.72 Å². The van der Waals surface area contributed by atoms with Crippen molar-refractivity contribution < 1.29 is 13.2 Å². The second-order valence-corrected chi connectivity index (χ2v) is 8.58. The number of carbonyl (C=O) groups is 1. The average Bonchev–Trinajstić information content (AvgIpc) is 2.68. The lowest BCUT2D eigenvalue weighted by atomic mass is 10.1. The summed E-state index contributed by atoms with van der Waals surface area (Å²) < 4.78 is 27.8. The van der Waals surface area contributed by atoms with Crippen LogP contribution in [0, 0.1) is 0 Å². The lowest BCUT2D eigenvalue weighted by Gasteiger charge is -2.28. The van der Waals surface area contributed by atoms with Crippen molar-refractivity contribution in [1.82, 2.24) is 4.90 Å². The molecule has 0 aromatic heterocycles. The lowest BCUT2D eigenvalue weighted by molar-refractivity contribution is 0.0725. The molecule has 1 aliphatic rings. The van der Waals surface area contributed by atoms with Gasteiger partial charge in [0.05, 0.1) is 10.5 Å². The Balaban J connectivity index is 1.92. The first-order valence-electron chi connectivity index (χ1n) is 9.07. The zero-order valence-electron chi connectivity index (χ0n) is 15.7. The van der Waals surface area contributed by atoms with Gasteiger partial charge in [0.1, 0.15) is 0 Å². The molecule has 1 N–H and O–H groups in total. The van der Waals surface area contributed by atoms with Gasteiger partial charge >= 0.3 is 0 Å². The molecule has 1 heterocycles. The molecule has 0 bridgehead atoms.